The molecular formula is C26H36Sn. The van der Waals surface area contributed by atoms with Gasteiger partial charge >= 0.3 is 171 Å². The Hall–Kier alpha value is -1.02. The molecule has 0 aliphatic carbocycles. The van der Waals surface area contributed by atoms with E-state index in [2.05, 4.69) is 75.4 Å². The third kappa shape index (κ3) is 4.53. The molecule has 0 N–H and O–H groups in total. The van der Waals surface area contributed by atoms with Gasteiger partial charge in [0.25, 0.3) is 0 Å². The zero-order valence-corrected chi connectivity index (χ0v) is 20.4. The summed E-state index contributed by atoms with van der Waals surface area (Å²) in [4.78, 5) is 0. The number of hydrogen-bond acceptors (Lipinski definition) is 0. The molecule has 0 spiro atoms. The Balaban J connectivity index is 2.31. The monoisotopic (exact) mass is 468 g/mol. The molecule has 0 aromatic heterocycles. The molecule has 0 radical (unpaired) electrons. The van der Waals surface area contributed by atoms with Crippen molar-refractivity contribution in [1.29, 1.82) is 0 Å². The second kappa shape index (κ2) is 9.96. The molecule has 0 atom stereocenters. The van der Waals surface area contributed by atoms with E-state index in [1.165, 1.54) is 62.6 Å². The van der Waals surface area contributed by atoms with Crippen LogP contribution in [0.4, 0.5) is 0 Å². The summed E-state index contributed by atoms with van der Waals surface area (Å²) in [5.41, 5.74) is 0. The van der Waals surface area contributed by atoms with E-state index in [9.17, 15) is 0 Å². The van der Waals surface area contributed by atoms with Gasteiger partial charge in [-0.1, -0.05) is 0 Å². The van der Waals surface area contributed by atoms with Crippen LogP contribution in [0.1, 0.15) is 59.3 Å². The summed E-state index contributed by atoms with van der Waals surface area (Å²) < 4.78 is 6.45. The van der Waals surface area contributed by atoms with Crippen molar-refractivity contribution in [2.24, 2.45) is 0 Å². The van der Waals surface area contributed by atoms with E-state index < -0.39 is 18.4 Å². The first-order chi connectivity index (χ1) is 13.3. The second-order valence-corrected chi connectivity index (χ2v) is 21.3. The molecule has 0 fully saturated rings. The summed E-state index contributed by atoms with van der Waals surface area (Å²) in [5.74, 6) is 0. The van der Waals surface area contributed by atoms with E-state index in [-0.39, 0.29) is 0 Å². The van der Waals surface area contributed by atoms with Gasteiger partial charge in [0.15, 0.2) is 0 Å². The van der Waals surface area contributed by atoms with Crippen LogP contribution in [-0.4, -0.2) is 18.4 Å². The molecule has 144 valence electrons. The van der Waals surface area contributed by atoms with Crippen molar-refractivity contribution >= 4 is 43.5 Å². The maximum absolute atomic E-state index is 2.52. The molecule has 0 nitrogen and oxygen atoms in total. The fourth-order valence-electron chi connectivity index (χ4n) is 4.88. The van der Waals surface area contributed by atoms with E-state index in [0.717, 1.165) is 0 Å². The fraction of sp³-hybridized carbons (Fsp3) is 0.462. The van der Waals surface area contributed by atoms with Gasteiger partial charge in [0.05, 0.1) is 0 Å². The molecule has 0 aliphatic rings. The van der Waals surface area contributed by atoms with Crippen molar-refractivity contribution in [2.75, 3.05) is 0 Å². The van der Waals surface area contributed by atoms with E-state index in [4.69, 9.17) is 0 Å². The Morgan fingerprint density at radius 2 is 1.00 bits per heavy atom. The number of benzene rings is 3. The number of hydrogen-bond donors (Lipinski definition) is 0. The molecule has 3 aromatic carbocycles. The van der Waals surface area contributed by atoms with Gasteiger partial charge in [0.2, 0.25) is 0 Å². The Labute approximate surface area is 170 Å². The zero-order chi connectivity index (χ0) is 19.1. The van der Waals surface area contributed by atoms with Crippen molar-refractivity contribution in [2.45, 2.75) is 72.6 Å². The summed E-state index contributed by atoms with van der Waals surface area (Å²) in [7, 11) is 0. The Kier molecular flexibility index (Phi) is 7.64. The quantitative estimate of drug-likeness (QED) is 0.209. The molecule has 3 aromatic rings. The molecule has 0 saturated heterocycles. The Morgan fingerprint density at radius 1 is 0.593 bits per heavy atom. The summed E-state index contributed by atoms with van der Waals surface area (Å²) >= 11 is -2.52. The minimum atomic E-state index is -2.52. The first kappa shape index (κ1) is 20.7. The number of unbranched alkanes of at least 4 members (excludes halogenated alkanes) is 3. The van der Waals surface area contributed by atoms with Crippen molar-refractivity contribution in [3.63, 3.8) is 0 Å². The molecular weight excluding hydrogens is 431 g/mol. The van der Waals surface area contributed by atoms with Gasteiger partial charge in [-0.05, 0) is 0 Å². The standard InChI is InChI=1S/C14H9.3C4H9.Sn/c1-2-6-12-10-14-8-4-3-7-13(14)9-11(12)5-1;3*1-3-4-2;/h1-9H;3*1,3-4H2,2H3;. The van der Waals surface area contributed by atoms with Crippen molar-refractivity contribution < 1.29 is 0 Å². The summed E-state index contributed by atoms with van der Waals surface area (Å²) in [5, 5.41) is 6.07. The van der Waals surface area contributed by atoms with Crippen LogP contribution < -0.4 is 3.58 Å². The third-order valence-corrected chi connectivity index (χ3v) is 22.1. The van der Waals surface area contributed by atoms with Crippen LogP contribution in [0.25, 0.3) is 21.5 Å². The van der Waals surface area contributed by atoms with Crippen LogP contribution in [-0.2, 0) is 0 Å². The second-order valence-electron chi connectivity index (χ2n) is 8.28. The SMILES string of the molecule is CCC[CH2][Sn]([CH2]CCC)([CH2]CCC)[c]1c2ccccc2cc2ccccc12. The van der Waals surface area contributed by atoms with Crippen molar-refractivity contribution in [3.8, 4) is 0 Å². The van der Waals surface area contributed by atoms with Crippen LogP contribution in [0.3, 0.4) is 0 Å². The van der Waals surface area contributed by atoms with Gasteiger partial charge in [0, 0.05) is 0 Å². The predicted molar refractivity (Wildman–Crippen MR) is 126 cm³/mol. The first-order valence-corrected chi connectivity index (χ1v) is 18.6. The molecule has 0 heterocycles. The molecule has 27 heavy (non-hydrogen) atoms. The average Bonchev–Trinajstić information content (AvgIpc) is 2.72. The van der Waals surface area contributed by atoms with E-state index >= 15 is 0 Å². The van der Waals surface area contributed by atoms with Crippen molar-refractivity contribution in [3.05, 3.63) is 54.6 Å². The molecule has 3 rings (SSSR count). The number of rotatable bonds is 10. The molecule has 0 unspecified atom stereocenters. The topological polar surface area (TPSA) is 0 Å². The van der Waals surface area contributed by atoms with Gasteiger partial charge in [-0.2, -0.15) is 0 Å². The molecule has 0 bridgehead atoms. The Morgan fingerprint density at radius 3 is 1.41 bits per heavy atom. The van der Waals surface area contributed by atoms with Crippen LogP contribution in [0.5, 0.6) is 0 Å². The Bertz CT molecular complexity index is 789. The van der Waals surface area contributed by atoms with Crippen LogP contribution >= 0.6 is 0 Å². The molecule has 1 heteroatoms. The minimum absolute atomic E-state index is 1.33. The summed E-state index contributed by atoms with van der Waals surface area (Å²) in [6.07, 6.45) is 8.25. The van der Waals surface area contributed by atoms with Crippen LogP contribution in [0, 0.1) is 0 Å². The van der Waals surface area contributed by atoms with Crippen molar-refractivity contribution in [1.82, 2.24) is 0 Å². The summed E-state index contributed by atoms with van der Waals surface area (Å²) in [6.45, 7) is 7.12. The fourth-order valence-corrected chi connectivity index (χ4v) is 22.5. The molecule has 0 amide bonds. The van der Waals surface area contributed by atoms with Gasteiger partial charge in [-0.3, -0.25) is 0 Å². The predicted octanol–water partition coefficient (Wildman–Crippen LogP) is 8.05. The van der Waals surface area contributed by atoms with Gasteiger partial charge in [-0.15, -0.1) is 0 Å². The van der Waals surface area contributed by atoms with E-state index in [0.29, 0.717) is 0 Å². The van der Waals surface area contributed by atoms with Gasteiger partial charge in [0.1, 0.15) is 0 Å². The average molecular weight is 467 g/mol. The summed E-state index contributed by atoms with van der Waals surface area (Å²) in [6, 6.07) is 20.9. The van der Waals surface area contributed by atoms with Crippen LogP contribution in [0.15, 0.2) is 54.6 Å². The maximum atomic E-state index is 2.42. The molecule has 0 aliphatic heterocycles. The number of fused-ring (bicyclic) bond motifs is 2. The van der Waals surface area contributed by atoms with Crippen LogP contribution in [0.2, 0.25) is 13.3 Å². The first-order valence-electron chi connectivity index (χ1n) is 11.2. The zero-order valence-electron chi connectivity index (χ0n) is 17.6. The van der Waals surface area contributed by atoms with Gasteiger partial charge < -0.3 is 0 Å². The van der Waals surface area contributed by atoms with E-state index in [1.54, 1.807) is 10.8 Å². The molecule has 0 saturated carbocycles. The van der Waals surface area contributed by atoms with E-state index in [1.807, 2.05) is 3.58 Å². The normalized spacial score (nSPS) is 12.1. The third-order valence-electron chi connectivity index (χ3n) is 6.33. The van der Waals surface area contributed by atoms with Gasteiger partial charge in [-0.25, -0.2) is 0 Å².